The molecule has 1 aliphatic rings. The minimum atomic E-state index is -0.798. The second-order valence-corrected chi connectivity index (χ2v) is 3.46. The Hall–Kier alpha value is -1.06. The molecule has 1 aromatic rings. The second kappa shape index (κ2) is 3.01. The largest absolute Gasteiger partial charge is 0.399 e. The molecular weight excluding hydrogens is 166 g/mol. The summed E-state index contributed by atoms with van der Waals surface area (Å²) in [6, 6.07) is 7.30. The molecule has 2 rings (SSSR count). The van der Waals surface area contributed by atoms with Gasteiger partial charge in [0.15, 0.2) is 0 Å². The van der Waals surface area contributed by atoms with Crippen molar-refractivity contribution in [3.63, 3.8) is 0 Å². The van der Waals surface area contributed by atoms with E-state index in [-0.39, 0.29) is 0 Å². The van der Waals surface area contributed by atoms with E-state index in [0.717, 1.165) is 5.56 Å². The standard InChI is InChI=1S/C10H13NO2/c11-9-3-1-8(2-4-9)10(12)5-6-13-7-10/h1-4,12H,5-7,11H2. The van der Waals surface area contributed by atoms with E-state index in [1.807, 2.05) is 12.1 Å². The van der Waals surface area contributed by atoms with Gasteiger partial charge in [-0.2, -0.15) is 0 Å². The normalized spacial score (nSPS) is 27.8. The fourth-order valence-electron chi connectivity index (χ4n) is 1.58. The van der Waals surface area contributed by atoms with Crippen molar-refractivity contribution >= 4 is 5.69 Å². The van der Waals surface area contributed by atoms with Crippen LogP contribution in [-0.2, 0) is 10.3 Å². The topological polar surface area (TPSA) is 55.5 Å². The molecule has 3 N–H and O–H groups in total. The maximum atomic E-state index is 10.1. The average molecular weight is 179 g/mol. The molecule has 3 heteroatoms. The third-order valence-corrected chi connectivity index (χ3v) is 2.45. The molecule has 0 aromatic heterocycles. The van der Waals surface area contributed by atoms with Gasteiger partial charge in [-0.05, 0) is 17.7 Å². The van der Waals surface area contributed by atoms with Gasteiger partial charge in [0.2, 0.25) is 0 Å². The Morgan fingerprint density at radius 3 is 2.54 bits per heavy atom. The van der Waals surface area contributed by atoms with E-state index < -0.39 is 5.60 Å². The lowest BCUT2D eigenvalue weighted by molar-refractivity contribution is 0.0232. The number of anilines is 1. The van der Waals surface area contributed by atoms with Crippen LogP contribution in [0.4, 0.5) is 5.69 Å². The van der Waals surface area contributed by atoms with Crippen molar-refractivity contribution in [1.29, 1.82) is 0 Å². The quantitative estimate of drug-likeness (QED) is 0.629. The zero-order chi connectivity index (χ0) is 9.31. The number of benzene rings is 1. The van der Waals surface area contributed by atoms with Gasteiger partial charge < -0.3 is 15.6 Å². The first-order chi connectivity index (χ1) is 6.21. The predicted molar refractivity (Wildman–Crippen MR) is 50.2 cm³/mol. The highest BCUT2D eigenvalue weighted by Gasteiger charge is 2.33. The minimum absolute atomic E-state index is 0.386. The van der Waals surface area contributed by atoms with Crippen molar-refractivity contribution < 1.29 is 9.84 Å². The summed E-state index contributed by atoms with van der Waals surface area (Å²) in [6.45, 7) is 1.01. The van der Waals surface area contributed by atoms with Gasteiger partial charge in [-0.25, -0.2) is 0 Å². The Bertz CT molecular complexity index is 288. The lowest BCUT2D eigenvalue weighted by Gasteiger charge is -2.20. The predicted octanol–water partition coefficient (Wildman–Crippen LogP) is 0.877. The smallest absolute Gasteiger partial charge is 0.115 e. The SMILES string of the molecule is Nc1ccc(C2(O)CCOC2)cc1. The molecule has 70 valence electrons. The highest BCUT2D eigenvalue weighted by molar-refractivity contribution is 5.41. The summed E-state index contributed by atoms with van der Waals surface area (Å²) in [6.07, 6.45) is 0.664. The molecule has 0 bridgehead atoms. The number of hydrogen-bond acceptors (Lipinski definition) is 3. The van der Waals surface area contributed by atoms with Crippen molar-refractivity contribution in [2.45, 2.75) is 12.0 Å². The van der Waals surface area contributed by atoms with E-state index in [9.17, 15) is 5.11 Å². The van der Waals surface area contributed by atoms with Crippen molar-refractivity contribution in [3.8, 4) is 0 Å². The van der Waals surface area contributed by atoms with Crippen LogP contribution in [0.5, 0.6) is 0 Å². The van der Waals surface area contributed by atoms with Crippen molar-refractivity contribution in [1.82, 2.24) is 0 Å². The van der Waals surface area contributed by atoms with Gasteiger partial charge in [0, 0.05) is 18.7 Å². The molecule has 1 saturated heterocycles. The number of hydrogen-bond donors (Lipinski definition) is 2. The van der Waals surface area contributed by atoms with Crippen LogP contribution >= 0.6 is 0 Å². The molecule has 1 heterocycles. The second-order valence-electron chi connectivity index (χ2n) is 3.46. The highest BCUT2D eigenvalue weighted by atomic mass is 16.5. The third-order valence-electron chi connectivity index (χ3n) is 2.45. The Kier molecular flexibility index (Phi) is 1.98. The molecule has 0 aliphatic carbocycles. The van der Waals surface area contributed by atoms with E-state index >= 15 is 0 Å². The zero-order valence-corrected chi connectivity index (χ0v) is 7.36. The maximum absolute atomic E-state index is 10.1. The zero-order valence-electron chi connectivity index (χ0n) is 7.36. The number of rotatable bonds is 1. The number of ether oxygens (including phenoxy) is 1. The molecule has 3 nitrogen and oxygen atoms in total. The molecule has 0 radical (unpaired) electrons. The van der Waals surface area contributed by atoms with E-state index in [1.54, 1.807) is 12.1 Å². The van der Waals surface area contributed by atoms with Gasteiger partial charge in [0.1, 0.15) is 5.60 Å². The molecule has 0 amide bonds. The molecule has 0 spiro atoms. The third kappa shape index (κ3) is 1.53. The molecule has 13 heavy (non-hydrogen) atoms. The average Bonchev–Trinajstić information content (AvgIpc) is 2.54. The van der Waals surface area contributed by atoms with Crippen molar-refractivity contribution in [3.05, 3.63) is 29.8 Å². The van der Waals surface area contributed by atoms with Crippen LogP contribution in [0.1, 0.15) is 12.0 Å². The lowest BCUT2D eigenvalue weighted by atomic mass is 9.93. The van der Waals surface area contributed by atoms with Crippen molar-refractivity contribution in [2.24, 2.45) is 0 Å². The summed E-state index contributed by atoms with van der Waals surface area (Å²) >= 11 is 0. The van der Waals surface area contributed by atoms with Gasteiger partial charge >= 0.3 is 0 Å². The molecule has 1 fully saturated rings. The van der Waals surface area contributed by atoms with Gasteiger partial charge in [-0.3, -0.25) is 0 Å². The van der Waals surface area contributed by atoms with Gasteiger partial charge in [-0.15, -0.1) is 0 Å². The van der Waals surface area contributed by atoms with Gasteiger partial charge in [0.25, 0.3) is 0 Å². The number of nitrogens with two attached hydrogens (primary N) is 1. The van der Waals surface area contributed by atoms with Crippen LogP contribution in [0.15, 0.2) is 24.3 Å². The number of nitrogen functional groups attached to an aromatic ring is 1. The van der Waals surface area contributed by atoms with Crippen LogP contribution < -0.4 is 5.73 Å². The Morgan fingerprint density at radius 1 is 1.31 bits per heavy atom. The summed E-state index contributed by atoms with van der Waals surface area (Å²) in [5.74, 6) is 0. The molecule has 1 aromatic carbocycles. The highest BCUT2D eigenvalue weighted by Crippen LogP contribution is 2.30. The first kappa shape index (κ1) is 8.53. The molecule has 1 atom stereocenters. The maximum Gasteiger partial charge on any atom is 0.115 e. The fraction of sp³-hybridized carbons (Fsp3) is 0.400. The summed E-state index contributed by atoms with van der Waals surface area (Å²) in [7, 11) is 0. The minimum Gasteiger partial charge on any atom is -0.399 e. The van der Waals surface area contributed by atoms with Crippen LogP contribution in [-0.4, -0.2) is 18.3 Å². The Labute approximate surface area is 77.1 Å². The number of aliphatic hydroxyl groups is 1. The lowest BCUT2D eigenvalue weighted by Crippen LogP contribution is -2.25. The summed E-state index contributed by atoms with van der Waals surface area (Å²) in [4.78, 5) is 0. The first-order valence-electron chi connectivity index (χ1n) is 4.37. The Morgan fingerprint density at radius 2 is 2.00 bits per heavy atom. The van der Waals surface area contributed by atoms with E-state index in [2.05, 4.69) is 0 Å². The van der Waals surface area contributed by atoms with E-state index in [4.69, 9.17) is 10.5 Å². The Balaban J connectivity index is 2.29. The molecule has 0 saturated carbocycles. The van der Waals surface area contributed by atoms with Crippen molar-refractivity contribution in [2.75, 3.05) is 18.9 Å². The summed E-state index contributed by atoms with van der Waals surface area (Å²) in [5.41, 5.74) is 6.36. The van der Waals surface area contributed by atoms with Crippen LogP contribution in [0.3, 0.4) is 0 Å². The molecule has 1 unspecified atom stereocenters. The first-order valence-corrected chi connectivity index (χ1v) is 4.37. The fourth-order valence-corrected chi connectivity index (χ4v) is 1.58. The summed E-state index contributed by atoms with van der Waals surface area (Å²) in [5, 5.41) is 10.1. The van der Waals surface area contributed by atoms with Crippen LogP contribution in [0.25, 0.3) is 0 Å². The van der Waals surface area contributed by atoms with Crippen LogP contribution in [0, 0.1) is 0 Å². The molecule has 1 aliphatic heterocycles. The van der Waals surface area contributed by atoms with Crippen LogP contribution in [0.2, 0.25) is 0 Å². The monoisotopic (exact) mass is 179 g/mol. The van der Waals surface area contributed by atoms with E-state index in [1.165, 1.54) is 0 Å². The van der Waals surface area contributed by atoms with Gasteiger partial charge in [-0.1, -0.05) is 12.1 Å². The molecular formula is C10H13NO2. The van der Waals surface area contributed by atoms with E-state index in [0.29, 0.717) is 25.3 Å². The van der Waals surface area contributed by atoms with Gasteiger partial charge in [0.05, 0.1) is 6.61 Å². The summed E-state index contributed by atoms with van der Waals surface area (Å²) < 4.78 is 5.16.